The van der Waals surface area contributed by atoms with Crippen molar-refractivity contribution in [1.82, 2.24) is 19.5 Å². The number of hydrogen-bond acceptors (Lipinski definition) is 18. The monoisotopic (exact) mass is 1140 g/mol. The fourth-order valence-corrected chi connectivity index (χ4v) is 5.13. The number of benzene rings is 3. The number of phenols is 1. The van der Waals surface area contributed by atoms with Gasteiger partial charge in [-0.2, -0.15) is 4.39 Å². The van der Waals surface area contributed by atoms with E-state index in [0.717, 1.165) is 34.3 Å². The smallest absolute Gasteiger partial charge is 0.308 e. The number of methoxy groups -OCH3 is 1. The number of aliphatic hydroxyl groups is 4. The van der Waals surface area contributed by atoms with E-state index in [4.69, 9.17) is 30.5 Å². The van der Waals surface area contributed by atoms with E-state index in [-0.39, 0.29) is 53.5 Å². The first-order chi connectivity index (χ1) is 36.2. The summed E-state index contributed by atoms with van der Waals surface area (Å²) >= 11 is 0. The summed E-state index contributed by atoms with van der Waals surface area (Å²) in [7, 11) is 1.39. The molecule has 3 aromatic carbocycles. The number of nitro groups is 2. The summed E-state index contributed by atoms with van der Waals surface area (Å²) in [4.78, 5) is 43.0. The molecule has 0 spiro atoms. The minimum atomic E-state index is -1.04. The molecule has 0 saturated carbocycles. The number of rotatable bonds is 14. The quantitative estimate of drug-likeness (QED) is 0.0303. The third-order valence-corrected chi connectivity index (χ3v) is 12.1. The molecule has 0 fully saturated rings. The third kappa shape index (κ3) is 26.3. The van der Waals surface area contributed by atoms with Gasteiger partial charge in [-0.05, 0) is 131 Å². The van der Waals surface area contributed by atoms with Crippen LogP contribution in [-0.2, 0) is 9.53 Å². The molecule has 0 aliphatic rings. The number of fused-ring (bicyclic) bond motifs is 1. The molecule has 80 heavy (non-hydrogen) atoms. The number of ether oxygens (including phenoxy) is 3. The zero-order valence-corrected chi connectivity index (χ0v) is 50.0. The lowest BCUT2D eigenvalue weighted by molar-refractivity contribution is -0.387. The Morgan fingerprint density at radius 1 is 0.675 bits per heavy atom. The van der Waals surface area contributed by atoms with Crippen molar-refractivity contribution in [1.29, 1.82) is 0 Å². The van der Waals surface area contributed by atoms with Crippen LogP contribution in [0.4, 0.5) is 21.5 Å². The number of imidazole rings is 1. The first-order valence-electron chi connectivity index (χ1n) is 25.3. The highest BCUT2D eigenvalue weighted by atomic mass is 35.5. The maximum Gasteiger partial charge on any atom is 0.308 e. The topological polar surface area (TPSA) is 314 Å². The highest BCUT2D eigenvalue weighted by molar-refractivity contribution is 5.85. The van der Waals surface area contributed by atoms with E-state index in [9.17, 15) is 39.6 Å². The van der Waals surface area contributed by atoms with Gasteiger partial charge in [-0.3, -0.25) is 25.0 Å². The predicted octanol–water partition coefficient (Wildman–Crippen LogP) is 11.7. The van der Waals surface area contributed by atoms with E-state index in [1.54, 1.807) is 94.0 Å². The van der Waals surface area contributed by atoms with Gasteiger partial charge in [-0.25, -0.2) is 15.0 Å². The third-order valence-electron chi connectivity index (χ3n) is 12.1. The Kier molecular flexibility index (Phi) is 29.4. The number of aryl methyl sites for hydroxylation is 2. The summed E-state index contributed by atoms with van der Waals surface area (Å²) in [5.74, 6) is 0.911. The van der Waals surface area contributed by atoms with Crippen LogP contribution in [0.2, 0.25) is 0 Å². The van der Waals surface area contributed by atoms with E-state index in [1.807, 2.05) is 89.4 Å². The van der Waals surface area contributed by atoms with Crippen molar-refractivity contribution in [3.05, 3.63) is 135 Å². The van der Waals surface area contributed by atoms with E-state index >= 15 is 0 Å². The van der Waals surface area contributed by atoms with Crippen LogP contribution in [0.15, 0.2) is 97.6 Å². The Morgan fingerprint density at radius 3 is 1.48 bits per heavy atom. The molecular formula is C57H84ClFN8O13. The second-order valence-corrected chi connectivity index (χ2v) is 21.5. The molecule has 0 amide bonds. The fraction of sp³-hybridized carbons (Fsp3) is 0.474. The van der Waals surface area contributed by atoms with Gasteiger partial charge in [0.1, 0.15) is 22.9 Å². The van der Waals surface area contributed by atoms with Crippen molar-refractivity contribution < 1.29 is 58.8 Å². The second kappa shape index (κ2) is 32.2. The second-order valence-electron chi connectivity index (χ2n) is 21.5. The number of pyridine rings is 2. The molecule has 0 radical (unpaired) electrons. The maximum atomic E-state index is 12.5. The standard InChI is InChI=1S/C18H21N3O2.C17H21N3O4.C6H4FNO3.C6H14O.C5H13NO.C5H10O2.ClH/c1-12-5-8-17(19-10-12)23-14-6-7-15-16(9-14)21(11-20-15)13(2)18(3,4)22;1-11-5-8-16(18-10-11)24-13-6-7-15(20(22)23)14(9-13)19-12(2)17(3,4)21;7-5-3-4(9)1-2-6(5)8(10)11;1-5(2)6(3,4)7;1-4(6)5(2,3)7;1-4(2)5(6)7-3;/h5-11,13,22H,1-4H3;5-10,12,19,21H,1-4H3;1-3,9H;5,7H,1-4H3;4,7H,6H2,1-3H3;4H,1-3H3;1H/t13-;12-;;;;;/m11...../s1. The van der Waals surface area contributed by atoms with Gasteiger partial charge in [-0.15, -0.1) is 12.4 Å². The molecule has 21 nitrogen and oxygen atoms in total. The average molecular weight is 1140 g/mol. The van der Waals surface area contributed by atoms with Gasteiger partial charge >= 0.3 is 11.7 Å². The van der Waals surface area contributed by atoms with Gasteiger partial charge in [0.15, 0.2) is 0 Å². The molecule has 0 aliphatic carbocycles. The van der Waals surface area contributed by atoms with Gasteiger partial charge in [0.2, 0.25) is 17.6 Å². The number of nitrogens with zero attached hydrogens (tertiary/aromatic N) is 6. The molecule has 6 rings (SSSR count). The Labute approximate surface area is 475 Å². The Morgan fingerprint density at radius 2 is 1.12 bits per heavy atom. The van der Waals surface area contributed by atoms with Crippen LogP contribution in [0.1, 0.15) is 121 Å². The van der Waals surface area contributed by atoms with Gasteiger partial charge in [0, 0.05) is 60.9 Å². The number of halogens is 2. The predicted molar refractivity (Wildman–Crippen MR) is 311 cm³/mol. The lowest BCUT2D eigenvalue weighted by Gasteiger charge is -2.27. The zero-order valence-electron chi connectivity index (χ0n) is 49.2. The highest BCUT2D eigenvalue weighted by Gasteiger charge is 2.27. The molecule has 0 bridgehead atoms. The molecule has 3 atom stereocenters. The van der Waals surface area contributed by atoms with Crippen LogP contribution < -0.4 is 20.5 Å². The van der Waals surface area contributed by atoms with E-state index < -0.39 is 49.8 Å². The summed E-state index contributed by atoms with van der Waals surface area (Å²) < 4.78 is 30.3. The molecule has 23 heteroatoms. The Bertz CT molecular complexity index is 2820. The number of aromatic nitrogens is 4. The first kappa shape index (κ1) is 72.9. The van der Waals surface area contributed by atoms with E-state index in [2.05, 4.69) is 25.0 Å². The molecule has 6 aromatic rings. The molecule has 444 valence electrons. The molecule has 1 unspecified atom stereocenters. The lowest BCUT2D eigenvalue weighted by Crippen LogP contribution is -2.40. The summed E-state index contributed by atoms with van der Waals surface area (Å²) in [6.45, 7) is 30.9. The average Bonchev–Trinajstić information content (AvgIpc) is 3.75. The number of esters is 1. The lowest BCUT2D eigenvalue weighted by atomic mass is 9.95. The van der Waals surface area contributed by atoms with Crippen molar-refractivity contribution >= 4 is 46.5 Å². The van der Waals surface area contributed by atoms with E-state index in [0.29, 0.717) is 35.2 Å². The fourth-order valence-electron chi connectivity index (χ4n) is 5.13. The highest BCUT2D eigenvalue weighted by Crippen LogP contribution is 2.33. The molecule has 3 aromatic heterocycles. The van der Waals surface area contributed by atoms with Crippen LogP contribution in [-0.4, -0.2) is 102 Å². The number of anilines is 1. The molecular weight excluding hydrogens is 1060 g/mol. The number of carbonyl (C=O) groups is 1. The number of hydrogen-bond donors (Lipinski definition) is 7. The molecule has 8 N–H and O–H groups in total. The van der Waals surface area contributed by atoms with Crippen molar-refractivity contribution in [2.45, 2.75) is 158 Å². The molecule has 0 aliphatic heterocycles. The molecule has 3 heterocycles. The van der Waals surface area contributed by atoms with Gasteiger partial charge < -0.3 is 55.4 Å². The van der Waals surface area contributed by atoms with Crippen molar-refractivity contribution in [2.24, 2.45) is 17.6 Å². The number of nitrogens with one attached hydrogen (secondary N) is 1. The normalized spacial score (nSPS) is 12.3. The Hall–Kier alpha value is -7.08. The number of nitro benzene ring substituents is 2. The minimum Gasteiger partial charge on any atom is -0.508 e. The van der Waals surface area contributed by atoms with Gasteiger partial charge in [0.25, 0.3) is 5.69 Å². The maximum absolute atomic E-state index is 12.5. The number of aromatic hydroxyl groups is 1. The first-order valence-corrected chi connectivity index (χ1v) is 25.3. The summed E-state index contributed by atoms with van der Waals surface area (Å²) in [5.41, 5.74) is 5.65. The molecule has 0 saturated heterocycles. The van der Waals surface area contributed by atoms with E-state index in [1.165, 1.54) is 25.3 Å². The van der Waals surface area contributed by atoms with Crippen LogP contribution >= 0.6 is 12.4 Å². The van der Waals surface area contributed by atoms with Crippen LogP contribution in [0.5, 0.6) is 29.0 Å². The summed E-state index contributed by atoms with van der Waals surface area (Å²) in [6.07, 6.45) is 5.20. The van der Waals surface area contributed by atoms with Crippen molar-refractivity contribution in [3.8, 4) is 29.0 Å². The SMILES string of the molecule is CC(C)C(C)(C)O.CC(N)C(C)(C)O.COC(=O)C(C)C.Cc1ccc(Oc2ccc([N+](=O)[O-])c(N[C@H](C)C(C)(C)O)c2)nc1.Cc1ccc(Oc2ccc3ncn([C@H](C)C(C)(C)O)c3c2)nc1.Cl.O=[N+]([O-])c1ccc(O)cc1F. The number of nitrogens with two attached hydrogens (primary N) is 1. The van der Waals surface area contributed by atoms with Crippen molar-refractivity contribution in [2.75, 3.05) is 12.4 Å². The minimum absolute atomic E-state index is 0. The van der Waals surface area contributed by atoms with Crippen LogP contribution in [0, 0.1) is 51.7 Å². The van der Waals surface area contributed by atoms with Crippen LogP contribution in [0.3, 0.4) is 0 Å². The summed E-state index contributed by atoms with van der Waals surface area (Å²) in [6, 6.07) is 19.5. The number of carbonyl (C=O) groups excluding carboxylic acids is 1. The van der Waals surface area contributed by atoms with Gasteiger partial charge in [-0.1, -0.05) is 39.8 Å². The zero-order chi connectivity index (χ0) is 61.0. The van der Waals surface area contributed by atoms with Crippen molar-refractivity contribution in [3.63, 3.8) is 0 Å². The Balaban J connectivity index is 0.00000102. The van der Waals surface area contributed by atoms with Gasteiger partial charge in [0.05, 0.1) is 74.7 Å². The largest absolute Gasteiger partial charge is 0.508 e. The number of phenolic OH excluding ortho intramolecular Hbond substituents is 1. The van der Waals surface area contributed by atoms with Crippen LogP contribution in [0.25, 0.3) is 11.0 Å². The summed E-state index contributed by atoms with van der Waals surface area (Å²) in [5, 5.41) is 71.2.